The predicted octanol–water partition coefficient (Wildman–Crippen LogP) is 3.53. The molecule has 0 bridgehead atoms. The van der Waals surface area contributed by atoms with E-state index in [1.807, 2.05) is 30.3 Å². The Morgan fingerprint density at radius 3 is 2.39 bits per heavy atom. The molecule has 6 heteroatoms. The average Bonchev–Trinajstić information content (AvgIpc) is 2.58. The number of ether oxygens (including phenoxy) is 3. The maximum atomic E-state index is 10.6. The van der Waals surface area contributed by atoms with Crippen molar-refractivity contribution in [3.05, 3.63) is 69.9 Å². The smallest absolute Gasteiger partial charge is 0.235 e. The molecule has 2 aromatic rings. The Hall–Kier alpha value is -3.02. The van der Waals surface area contributed by atoms with Gasteiger partial charge in [0.05, 0.1) is 19.1 Å². The van der Waals surface area contributed by atoms with Crippen LogP contribution in [0.1, 0.15) is 11.1 Å². The van der Waals surface area contributed by atoms with Crippen LogP contribution in [0.5, 0.6) is 17.2 Å². The van der Waals surface area contributed by atoms with Crippen LogP contribution in [-0.4, -0.2) is 19.1 Å². The van der Waals surface area contributed by atoms with Gasteiger partial charge in [-0.3, -0.25) is 10.1 Å². The van der Waals surface area contributed by atoms with E-state index in [-0.39, 0.29) is 0 Å². The number of benzene rings is 2. The average molecular weight is 315 g/mol. The minimum absolute atomic E-state index is 0.309. The van der Waals surface area contributed by atoms with Gasteiger partial charge in [0, 0.05) is 11.6 Å². The molecular formula is C17H17NO5. The molecule has 0 heterocycles. The molecule has 0 aliphatic heterocycles. The van der Waals surface area contributed by atoms with Crippen molar-refractivity contribution in [1.82, 2.24) is 0 Å². The molecule has 0 atom stereocenters. The van der Waals surface area contributed by atoms with Crippen LogP contribution >= 0.6 is 0 Å². The van der Waals surface area contributed by atoms with E-state index >= 15 is 0 Å². The largest absolute Gasteiger partial charge is 0.493 e. The van der Waals surface area contributed by atoms with E-state index in [2.05, 4.69) is 0 Å². The van der Waals surface area contributed by atoms with Gasteiger partial charge in [-0.2, -0.15) is 0 Å². The van der Waals surface area contributed by atoms with Crippen LogP contribution in [0, 0.1) is 10.1 Å². The molecular weight excluding hydrogens is 298 g/mol. The van der Waals surface area contributed by atoms with E-state index in [0.29, 0.717) is 29.4 Å². The van der Waals surface area contributed by atoms with E-state index in [9.17, 15) is 10.1 Å². The molecule has 120 valence electrons. The fraction of sp³-hybridized carbons (Fsp3) is 0.176. The van der Waals surface area contributed by atoms with Crippen LogP contribution in [0.25, 0.3) is 6.08 Å². The van der Waals surface area contributed by atoms with E-state index in [0.717, 1.165) is 11.8 Å². The molecule has 2 aromatic carbocycles. The molecule has 0 saturated heterocycles. The summed E-state index contributed by atoms with van der Waals surface area (Å²) in [4.78, 5) is 10.0. The van der Waals surface area contributed by atoms with Gasteiger partial charge in [-0.15, -0.1) is 0 Å². The first-order chi connectivity index (χ1) is 11.2. The van der Waals surface area contributed by atoms with Crippen LogP contribution in [0.15, 0.2) is 48.7 Å². The lowest BCUT2D eigenvalue weighted by atomic mass is 10.1. The number of nitro groups is 1. The summed E-state index contributed by atoms with van der Waals surface area (Å²) in [5, 5.41) is 10.6. The second-order valence-corrected chi connectivity index (χ2v) is 4.59. The highest BCUT2D eigenvalue weighted by Crippen LogP contribution is 2.40. The lowest BCUT2D eigenvalue weighted by Crippen LogP contribution is -2.01. The Balaban J connectivity index is 2.37. The third-order valence-corrected chi connectivity index (χ3v) is 3.13. The quantitative estimate of drug-likeness (QED) is 0.577. The zero-order chi connectivity index (χ0) is 16.7. The minimum atomic E-state index is -0.530. The molecule has 0 amide bonds. The van der Waals surface area contributed by atoms with Crippen LogP contribution < -0.4 is 14.2 Å². The molecule has 0 unspecified atom stereocenters. The zero-order valence-electron chi connectivity index (χ0n) is 12.9. The summed E-state index contributed by atoms with van der Waals surface area (Å²) in [6.45, 7) is 0.309. The molecule has 0 aliphatic carbocycles. The van der Waals surface area contributed by atoms with Crippen molar-refractivity contribution in [2.45, 2.75) is 6.61 Å². The van der Waals surface area contributed by atoms with Crippen molar-refractivity contribution in [2.24, 2.45) is 0 Å². The first-order valence-electron chi connectivity index (χ1n) is 6.89. The van der Waals surface area contributed by atoms with E-state index in [1.165, 1.54) is 20.3 Å². The lowest BCUT2D eigenvalue weighted by Gasteiger charge is -2.16. The summed E-state index contributed by atoms with van der Waals surface area (Å²) in [6, 6.07) is 13.0. The highest BCUT2D eigenvalue weighted by atomic mass is 16.6. The lowest BCUT2D eigenvalue weighted by molar-refractivity contribution is -0.400. The van der Waals surface area contributed by atoms with E-state index in [1.54, 1.807) is 12.1 Å². The second kappa shape index (κ2) is 7.84. The first kappa shape index (κ1) is 16.4. The molecule has 0 spiro atoms. The van der Waals surface area contributed by atoms with Gasteiger partial charge in [-0.25, -0.2) is 0 Å². The maximum absolute atomic E-state index is 10.6. The van der Waals surface area contributed by atoms with Gasteiger partial charge < -0.3 is 14.2 Å². The van der Waals surface area contributed by atoms with Gasteiger partial charge in [-0.1, -0.05) is 30.3 Å². The number of nitrogens with zero attached hydrogens (tertiary/aromatic N) is 1. The molecule has 0 aliphatic rings. The fourth-order valence-electron chi connectivity index (χ4n) is 2.06. The van der Waals surface area contributed by atoms with Crippen molar-refractivity contribution in [2.75, 3.05) is 14.2 Å². The Kier molecular flexibility index (Phi) is 5.57. The van der Waals surface area contributed by atoms with Gasteiger partial charge in [0.1, 0.15) is 6.61 Å². The Morgan fingerprint density at radius 1 is 1.04 bits per heavy atom. The molecule has 0 radical (unpaired) electrons. The highest BCUT2D eigenvalue weighted by Gasteiger charge is 2.16. The van der Waals surface area contributed by atoms with Crippen LogP contribution in [0.3, 0.4) is 0 Å². The second-order valence-electron chi connectivity index (χ2n) is 4.59. The van der Waals surface area contributed by atoms with Crippen molar-refractivity contribution in [3.8, 4) is 17.2 Å². The minimum Gasteiger partial charge on any atom is -0.493 e. The molecule has 0 N–H and O–H groups in total. The number of methoxy groups -OCH3 is 2. The molecule has 0 fully saturated rings. The molecule has 2 rings (SSSR count). The Labute approximate surface area is 134 Å². The zero-order valence-corrected chi connectivity index (χ0v) is 12.9. The summed E-state index contributed by atoms with van der Waals surface area (Å²) in [7, 11) is 3.01. The summed E-state index contributed by atoms with van der Waals surface area (Å²) in [5.41, 5.74) is 1.51. The monoisotopic (exact) mass is 315 g/mol. The Bertz CT molecular complexity index is 698. The van der Waals surface area contributed by atoms with E-state index in [4.69, 9.17) is 14.2 Å². The van der Waals surface area contributed by atoms with Crippen LogP contribution in [0.2, 0.25) is 0 Å². The van der Waals surface area contributed by atoms with Crippen LogP contribution in [0.4, 0.5) is 0 Å². The summed E-state index contributed by atoms with van der Waals surface area (Å²) in [5.74, 6) is 1.29. The first-order valence-corrected chi connectivity index (χ1v) is 6.89. The molecule has 23 heavy (non-hydrogen) atoms. The van der Waals surface area contributed by atoms with Crippen molar-refractivity contribution in [1.29, 1.82) is 0 Å². The van der Waals surface area contributed by atoms with Crippen molar-refractivity contribution >= 4 is 6.08 Å². The van der Waals surface area contributed by atoms with Crippen LogP contribution in [-0.2, 0) is 6.61 Å². The SMILES string of the molecule is COc1ccc(/C=C\[N+](=O)[O-])c(OCc2ccccc2)c1OC. The van der Waals surface area contributed by atoms with Gasteiger partial charge in [0.25, 0.3) is 0 Å². The standard InChI is InChI=1S/C17H17NO5/c1-21-15-9-8-14(10-11-18(19)20)16(17(15)22-2)23-12-13-6-4-3-5-7-13/h3-11H,12H2,1-2H3/b11-10-. The topological polar surface area (TPSA) is 70.8 Å². The summed E-state index contributed by atoms with van der Waals surface area (Å²) in [6.07, 6.45) is 2.22. The highest BCUT2D eigenvalue weighted by molar-refractivity contribution is 5.66. The third kappa shape index (κ3) is 4.23. The summed E-state index contributed by atoms with van der Waals surface area (Å²) >= 11 is 0. The van der Waals surface area contributed by atoms with Crippen molar-refractivity contribution < 1.29 is 19.1 Å². The van der Waals surface area contributed by atoms with E-state index < -0.39 is 4.92 Å². The number of hydrogen-bond donors (Lipinski definition) is 0. The molecule has 0 saturated carbocycles. The maximum Gasteiger partial charge on any atom is 0.235 e. The number of rotatable bonds is 7. The Morgan fingerprint density at radius 2 is 1.78 bits per heavy atom. The summed E-state index contributed by atoms with van der Waals surface area (Å²) < 4.78 is 16.4. The van der Waals surface area contributed by atoms with Gasteiger partial charge in [0.15, 0.2) is 11.5 Å². The molecule has 6 nitrogen and oxygen atoms in total. The normalized spacial score (nSPS) is 10.5. The van der Waals surface area contributed by atoms with Gasteiger partial charge in [-0.05, 0) is 17.7 Å². The number of hydrogen-bond acceptors (Lipinski definition) is 5. The molecule has 0 aromatic heterocycles. The predicted molar refractivity (Wildman–Crippen MR) is 86.3 cm³/mol. The van der Waals surface area contributed by atoms with Gasteiger partial charge in [0.2, 0.25) is 11.9 Å². The van der Waals surface area contributed by atoms with Crippen molar-refractivity contribution in [3.63, 3.8) is 0 Å². The fourth-order valence-corrected chi connectivity index (χ4v) is 2.06. The third-order valence-electron chi connectivity index (χ3n) is 3.13. The van der Waals surface area contributed by atoms with Gasteiger partial charge >= 0.3 is 0 Å².